The Labute approximate surface area is 194 Å². The molecular weight excluding hydrogens is 461 g/mol. The second-order valence-corrected chi connectivity index (χ2v) is 7.73. The van der Waals surface area contributed by atoms with Crippen LogP contribution in [-0.4, -0.2) is 61.3 Å². The molecule has 1 heterocycles. The topological polar surface area (TPSA) is 106 Å². The minimum absolute atomic E-state index is 0.0532. The van der Waals surface area contributed by atoms with Gasteiger partial charge in [-0.3, -0.25) is 9.59 Å². The van der Waals surface area contributed by atoms with Gasteiger partial charge in [0.2, 0.25) is 0 Å². The van der Waals surface area contributed by atoms with Gasteiger partial charge in [-0.2, -0.15) is 0 Å². The maximum atomic E-state index is 13.0. The summed E-state index contributed by atoms with van der Waals surface area (Å²) < 4.78 is 15.4. The Bertz CT molecular complexity index is 1100. The molecule has 0 radical (unpaired) electrons. The number of likely N-dealkylation sites (tertiary alicyclic amines) is 1. The van der Waals surface area contributed by atoms with Crippen LogP contribution in [0.3, 0.4) is 0 Å². The lowest BCUT2D eigenvalue weighted by atomic mass is 9.94. The highest BCUT2D eigenvalue weighted by Gasteiger charge is 2.46. The number of aromatic hydroxyl groups is 1. The minimum atomic E-state index is -1.01. The van der Waals surface area contributed by atoms with Gasteiger partial charge in [-0.1, -0.05) is 29.3 Å². The van der Waals surface area contributed by atoms with Crippen molar-refractivity contribution in [1.82, 2.24) is 4.90 Å². The van der Waals surface area contributed by atoms with Gasteiger partial charge in [-0.15, -0.1) is 0 Å². The summed E-state index contributed by atoms with van der Waals surface area (Å²) in [6.45, 7) is 0.223. The van der Waals surface area contributed by atoms with E-state index in [0.29, 0.717) is 5.56 Å². The second kappa shape index (κ2) is 9.68. The molecule has 32 heavy (non-hydrogen) atoms. The zero-order valence-corrected chi connectivity index (χ0v) is 19.0. The number of carbonyl (C=O) groups is 2. The number of methoxy groups -OCH3 is 3. The van der Waals surface area contributed by atoms with Crippen LogP contribution >= 0.6 is 23.2 Å². The van der Waals surface area contributed by atoms with Crippen LogP contribution in [0.25, 0.3) is 5.76 Å². The van der Waals surface area contributed by atoms with Gasteiger partial charge in [0.15, 0.2) is 11.5 Å². The summed E-state index contributed by atoms with van der Waals surface area (Å²) in [6, 6.07) is 6.25. The Kier molecular flexibility index (Phi) is 7.18. The number of rotatable bonds is 7. The maximum Gasteiger partial charge on any atom is 0.295 e. The lowest BCUT2D eigenvalue weighted by molar-refractivity contribution is -0.140. The molecule has 3 rings (SSSR count). The molecule has 8 nitrogen and oxygen atoms in total. The summed E-state index contributed by atoms with van der Waals surface area (Å²) in [5.41, 5.74) is 0.233. The third-order valence-corrected chi connectivity index (χ3v) is 5.56. The molecule has 1 saturated heterocycles. The summed E-state index contributed by atoms with van der Waals surface area (Å²) in [5.74, 6) is -2.12. The average molecular weight is 482 g/mol. The van der Waals surface area contributed by atoms with Crippen molar-refractivity contribution in [3.63, 3.8) is 0 Å². The van der Waals surface area contributed by atoms with Gasteiger partial charge in [0.1, 0.15) is 11.5 Å². The Balaban J connectivity index is 2.27. The van der Waals surface area contributed by atoms with Crippen molar-refractivity contribution in [1.29, 1.82) is 0 Å². The largest absolute Gasteiger partial charge is 0.507 e. The summed E-state index contributed by atoms with van der Waals surface area (Å²) >= 11 is 12.3. The Morgan fingerprint density at radius 1 is 1.09 bits per heavy atom. The fourth-order valence-electron chi connectivity index (χ4n) is 3.61. The Hall–Kier alpha value is -2.94. The molecule has 2 aromatic rings. The molecule has 1 atom stereocenters. The number of amides is 1. The summed E-state index contributed by atoms with van der Waals surface area (Å²) in [5, 5.41) is 21.8. The molecule has 1 amide bonds. The normalized spacial score (nSPS) is 17.7. The number of carbonyl (C=O) groups excluding carboxylic acids is 2. The molecule has 0 spiro atoms. The van der Waals surface area contributed by atoms with Crippen LogP contribution in [0.1, 0.15) is 17.2 Å². The average Bonchev–Trinajstić information content (AvgIpc) is 3.01. The van der Waals surface area contributed by atoms with E-state index >= 15 is 0 Å². The van der Waals surface area contributed by atoms with Gasteiger partial charge in [-0.25, -0.2) is 0 Å². The first-order valence-corrected chi connectivity index (χ1v) is 10.2. The number of ketones is 1. The van der Waals surface area contributed by atoms with E-state index in [1.807, 2.05) is 0 Å². The second-order valence-electron chi connectivity index (χ2n) is 6.88. The van der Waals surface area contributed by atoms with Crippen LogP contribution in [0.5, 0.6) is 17.2 Å². The zero-order chi connectivity index (χ0) is 23.6. The van der Waals surface area contributed by atoms with E-state index < -0.39 is 23.5 Å². The highest BCUT2D eigenvalue weighted by atomic mass is 35.5. The molecule has 1 aliphatic rings. The number of aliphatic hydroxyl groups is 1. The highest BCUT2D eigenvalue weighted by Crippen LogP contribution is 2.44. The molecule has 0 saturated carbocycles. The SMILES string of the molecule is COCCN1C(=O)C(=O)/C(=C(/O)c2cc(Cl)cc(Cl)c2OC)C1c1ccc(OC)c(O)c1. The third kappa shape index (κ3) is 4.21. The minimum Gasteiger partial charge on any atom is -0.507 e. The number of benzene rings is 2. The molecular formula is C22H21Cl2NO7. The molecule has 10 heteroatoms. The lowest BCUT2D eigenvalue weighted by Crippen LogP contribution is -2.32. The van der Waals surface area contributed by atoms with Crippen LogP contribution < -0.4 is 9.47 Å². The number of halogens is 2. The molecule has 0 aromatic heterocycles. The van der Waals surface area contributed by atoms with E-state index in [4.69, 9.17) is 37.4 Å². The molecule has 1 unspecified atom stereocenters. The Morgan fingerprint density at radius 2 is 1.81 bits per heavy atom. The number of phenolic OH excluding ortho intramolecular Hbond substituents is 1. The summed E-state index contributed by atoms with van der Waals surface area (Å²) in [6.07, 6.45) is 0. The monoisotopic (exact) mass is 481 g/mol. The van der Waals surface area contributed by atoms with Crippen molar-refractivity contribution >= 4 is 40.7 Å². The van der Waals surface area contributed by atoms with Crippen molar-refractivity contribution in [2.24, 2.45) is 0 Å². The first-order chi connectivity index (χ1) is 15.2. The first-order valence-electron chi connectivity index (χ1n) is 9.42. The van der Waals surface area contributed by atoms with Crippen LogP contribution in [0.4, 0.5) is 0 Å². The first kappa shape index (κ1) is 23.7. The molecule has 1 fully saturated rings. The van der Waals surface area contributed by atoms with E-state index in [0.717, 1.165) is 0 Å². The van der Waals surface area contributed by atoms with E-state index in [-0.39, 0.29) is 51.6 Å². The molecule has 2 N–H and O–H groups in total. The van der Waals surface area contributed by atoms with Crippen LogP contribution in [0.2, 0.25) is 10.0 Å². The van der Waals surface area contributed by atoms with Gasteiger partial charge in [-0.05, 0) is 29.8 Å². The fraction of sp³-hybridized carbons (Fsp3) is 0.273. The van der Waals surface area contributed by atoms with Crippen LogP contribution in [0, 0.1) is 0 Å². The number of aliphatic hydroxyl groups excluding tert-OH is 1. The maximum absolute atomic E-state index is 13.0. The highest BCUT2D eigenvalue weighted by molar-refractivity contribution is 6.46. The van der Waals surface area contributed by atoms with Gasteiger partial charge in [0.25, 0.3) is 11.7 Å². The van der Waals surface area contributed by atoms with Gasteiger partial charge in [0.05, 0.1) is 43.0 Å². The molecule has 1 aliphatic heterocycles. The number of ether oxygens (including phenoxy) is 3. The van der Waals surface area contributed by atoms with Gasteiger partial charge < -0.3 is 29.3 Å². The number of hydrogen-bond donors (Lipinski definition) is 2. The van der Waals surface area contributed by atoms with Crippen molar-refractivity contribution in [2.75, 3.05) is 34.5 Å². The number of phenols is 1. The third-order valence-electron chi connectivity index (χ3n) is 5.06. The van der Waals surface area contributed by atoms with Crippen molar-refractivity contribution in [3.8, 4) is 17.2 Å². The van der Waals surface area contributed by atoms with Crippen LogP contribution in [0.15, 0.2) is 35.9 Å². The van der Waals surface area contributed by atoms with E-state index in [1.54, 1.807) is 6.07 Å². The quantitative estimate of drug-likeness (QED) is 0.352. The van der Waals surface area contributed by atoms with Gasteiger partial charge >= 0.3 is 0 Å². The van der Waals surface area contributed by atoms with Crippen LogP contribution in [-0.2, 0) is 14.3 Å². The van der Waals surface area contributed by atoms with Crippen molar-refractivity contribution in [3.05, 3.63) is 57.1 Å². The number of Topliss-reactive ketones (excluding diaryl/α,β-unsaturated/α-hetero) is 1. The predicted octanol–water partition coefficient (Wildman–Crippen LogP) is 3.78. The smallest absolute Gasteiger partial charge is 0.295 e. The molecule has 170 valence electrons. The van der Waals surface area contributed by atoms with E-state index in [1.165, 1.54) is 50.5 Å². The summed E-state index contributed by atoms with van der Waals surface area (Å²) in [4.78, 5) is 27.1. The molecule has 2 aromatic carbocycles. The van der Waals surface area contributed by atoms with Crippen molar-refractivity contribution < 1.29 is 34.0 Å². The number of nitrogens with zero attached hydrogens (tertiary/aromatic N) is 1. The number of hydrogen-bond acceptors (Lipinski definition) is 7. The Morgan fingerprint density at radius 3 is 2.41 bits per heavy atom. The van der Waals surface area contributed by atoms with Crippen molar-refractivity contribution in [2.45, 2.75) is 6.04 Å². The molecule has 0 aliphatic carbocycles. The standard InChI is InChI=1S/C22H21Cl2NO7/c1-30-7-6-25-18(11-4-5-16(31-2)15(26)8-11)17(20(28)22(25)29)19(27)13-9-12(23)10-14(24)21(13)32-3/h4-5,8-10,18,26-27H,6-7H2,1-3H3/b19-17+. The van der Waals surface area contributed by atoms with Gasteiger partial charge in [0, 0.05) is 18.7 Å². The fourth-order valence-corrected chi connectivity index (χ4v) is 4.18. The van der Waals surface area contributed by atoms with E-state index in [9.17, 15) is 19.8 Å². The van der Waals surface area contributed by atoms with E-state index in [2.05, 4.69) is 0 Å². The summed E-state index contributed by atoms with van der Waals surface area (Å²) in [7, 11) is 4.21. The molecule has 0 bridgehead atoms. The lowest BCUT2D eigenvalue weighted by Gasteiger charge is -2.25. The predicted molar refractivity (Wildman–Crippen MR) is 119 cm³/mol. The zero-order valence-electron chi connectivity index (χ0n) is 17.5.